The van der Waals surface area contributed by atoms with Crippen molar-refractivity contribution in [1.29, 1.82) is 0 Å². The van der Waals surface area contributed by atoms with Gasteiger partial charge in [0.2, 0.25) is 0 Å². The standard InChI is InChI=1S/C14H14ClNO3/c15-11-5-7(1-4-12(11)16-8-2-3-8)13(17)9-6-10(9)14(18)19/h1,4-5,8-10,16H,2-3,6H2,(H,18,19)/t9-,10-/m0/s1. The third-order valence-electron chi connectivity index (χ3n) is 3.63. The second-order valence-corrected chi connectivity index (χ2v) is 5.67. The summed E-state index contributed by atoms with van der Waals surface area (Å²) in [6, 6.07) is 5.65. The van der Waals surface area contributed by atoms with E-state index in [9.17, 15) is 9.59 Å². The molecule has 2 saturated carbocycles. The summed E-state index contributed by atoms with van der Waals surface area (Å²) >= 11 is 6.14. The monoisotopic (exact) mass is 279 g/mol. The molecule has 100 valence electrons. The van der Waals surface area contributed by atoms with Crippen molar-refractivity contribution in [3.63, 3.8) is 0 Å². The van der Waals surface area contributed by atoms with E-state index in [-0.39, 0.29) is 11.7 Å². The Morgan fingerprint density at radius 2 is 2.00 bits per heavy atom. The smallest absolute Gasteiger partial charge is 0.307 e. The van der Waals surface area contributed by atoms with Gasteiger partial charge in [0.15, 0.2) is 5.78 Å². The molecular formula is C14H14ClNO3. The lowest BCUT2D eigenvalue weighted by Gasteiger charge is -2.08. The van der Waals surface area contributed by atoms with E-state index in [0.29, 0.717) is 23.0 Å². The van der Waals surface area contributed by atoms with E-state index in [1.165, 1.54) is 0 Å². The van der Waals surface area contributed by atoms with Gasteiger partial charge in [-0.3, -0.25) is 9.59 Å². The Kier molecular flexibility index (Phi) is 2.97. The number of ketones is 1. The summed E-state index contributed by atoms with van der Waals surface area (Å²) < 4.78 is 0. The van der Waals surface area contributed by atoms with Crippen molar-refractivity contribution in [2.24, 2.45) is 11.8 Å². The molecule has 5 heteroatoms. The van der Waals surface area contributed by atoms with E-state index in [1.807, 2.05) is 0 Å². The van der Waals surface area contributed by atoms with Crippen LogP contribution in [0.25, 0.3) is 0 Å². The number of hydrogen-bond acceptors (Lipinski definition) is 3. The van der Waals surface area contributed by atoms with Crippen molar-refractivity contribution >= 4 is 29.0 Å². The maximum Gasteiger partial charge on any atom is 0.307 e. The first-order chi connectivity index (χ1) is 9.06. The molecule has 0 radical (unpaired) electrons. The summed E-state index contributed by atoms with van der Waals surface area (Å²) in [7, 11) is 0. The van der Waals surface area contributed by atoms with E-state index < -0.39 is 11.9 Å². The van der Waals surface area contributed by atoms with Crippen molar-refractivity contribution in [2.45, 2.75) is 25.3 Å². The van der Waals surface area contributed by atoms with Gasteiger partial charge >= 0.3 is 5.97 Å². The molecule has 2 aliphatic rings. The molecule has 2 N–H and O–H groups in total. The Labute approximate surface area is 115 Å². The van der Waals surface area contributed by atoms with E-state index in [4.69, 9.17) is 16.7 Å². The molecule has 0 aromatic heterocycles. The Bertz CT molecular complexity index is 554. The summed E-state index contributed by atoms with van der Waals surface area (Å²) in [5.74, 6) is -1.91. The number of hydrogen-bond donors (Lipinski definition) is 2. The van der Waals surface area contributed by atoms with Gasteiger partial charge in [-0.25, -0.2) is 0 Å². The van der Waals surface area contributed by atoms with Gasteiger partial charge in [0.25, 0.3) is 0 Å². The molecule has 0 spiro atoms. The van der Waals surface area contributed by atoms with Crippen LogP contribution in [0.15, 0.2) is 18.2 Å². The molecule has 0 unspecified atom stereocenters. The normalized spacial score (nSPS) is 24.9. The lowest BCUT2D eigenvalue weighted by atomic mass is 10.1. The largest absolute Gasteiger partial charge is 0.481 e. The lowest BCUT2D eigenvalue weighted by molar-refractivity contribution is -0.138. The highest BCUT2D eigenvalue weighted by Crippen LogP contribution is 2.41. The summed E-state index contributed by atoms with van der Waals surface area (Å²) in [6.07, 6.45) is 2.74. The van der Waals surface area contributed by atoms with Crippen LogP contribution in [0.3, 0.4) is 0 Å². The van der Waals surface area contributed by atoms with E-state index >= 15 is 0 Å². The quantitative estimate of drug-likeness (QED) is 0.814. The Morgan fingerprint density at radius 3 is 2.53 bits per heavy atom. The number of halogens is 1. The molecule has 3 rings (SSSR count). The van der Waals surface area contributed by atoms with Gasteiger partial charge in [-0.05, 0) is 37.5 Å². The number of carboxylic acid groups (broad SMARTS) is 1. The van der Waals surface area contributed by atoms with E-state index in [2.05, 4.69) is 5.32 Å². The molecule has 0 amide bonds. The highest BCUT2D eigenvalue weighted by atomic mass is 35.5. The molecule has 0 heterocycles. The number of carbonyl (C=O) groups excluding carboxylic acids is 1. The minimum absolute atomic E-state index is 0.118. The first-order valence-corrected chi connectivity index (χ1v) is 6.77. The summed E-state index contributed by atoms with van der Waals surface area (Å²) in [4.78, 5) is 22.8. The first-order valence-electron chi connectivity index (χ1n) is 6.39. The summed E-state index contributed by atoms with van der Waals surface area (Å²) in [5.41, 5.74) is 1.34. The van der Waals surface area contributed by atoms with Crippen LogP contribution >= 0.6 is 11.6 Å². The van der Waals surface area contributed by atoms with E-state index in [0.717, 1.165) is 18.5 Å². The zero-order valence-corrected chi connectivity index (χ0v) is 11.0. The molecule has 19 heavy (non-hydrogen) atoms. The molecule has 2 aliphatic carbocycles. The fourth-order valence-electron chi connectivity index (χ4n) is 2.20. The zero-order valence-electron chi connectivity index (χ0n) is 10.2. The molecule has 1 aromatic rings. The molecule has 1 aromatic carbocycles. The third kappa shape index (κ3) is 2.59. The SMILES string of the molecule is O=C(O)[C@H]1C[C@@H]1C(=O)c1ccc(NC2CC2)c(Cl)c1. The molecule has 0 bridgehead atoms. The van der Waals surface area contributed by atoms with Crippen LogP contribution in [0.4, 0.5) is 5.69 Å². The second kappa shape index (κ2) is 4.53. The minimum Gasteiger partial charge on any atom is -0.481 e. The van der Waals surface area contributed by atoms with Crippen molar-refractivity contribution in [3.05, 3.63) is 28.8 Å². The molecule has 2 fully saturated rings. The Morgan fingerprint density at radius 1 is 1.26 bits per heavy atom. The number of carboxylic acids is 1. The lowest BCUT2D eigenvalue weighted by Crippen LogP contribution is -2.09. The van der Waals surface area contributed by atoms with Crippen LogP contribution in [0, 0.1) is 11.8 Å². The average molecular weight is 280 g/mol. The fourth-order valence-corrected chi connectivity index (χ4v) is 2.44. The maximum absolute atomic E-state index is 12.1. The predicted molar refractivity (Wildman–Crippen MR) is 71.7 cm³/mol. The van der Waals surface area contributed by atoms with Crippen LogP contribution in [0.2, 0.25) is 5.02 Å². The van der Waals surface area contributed by atoms with Gasteiger partial charge in [-0.2, -0.15) is 0 Å². The number of aliphatic carboxylic acids is 1. The number of nitrogens with one attached hydrogen (secondary N) is 1. The molecule has 0 aliphatic heterocycles. The Balaban J connectivity index is 1.73. The van der Waals surface area contributed by atoms with Gasteiger partial charge in [0.05, 0.1) is 16.6 Å². The van der Waals surface area contributed by atoms with Gasteiger partial charge in [-0.1, -0.05) is 11.6 Å². The van der Waals surface area contributed by atoms with Crippen LogP contribution in [0.1, 0.15) is 29.6 Å². The maximum atomic E-state index is 12.1. The van der Waals surface area contributed by atoms with Crippen molar-refractivity contribution < 1.29 is 14.7 Å². The minimum atomic E-state index is -0.892. The first kappa shape index (κ1) is 12.5. The molecule has 2 atom stereocenters. The van der Waals surface area contributed by atoms with Gasteiger partial charge < -0.3 is 10.4 Å². The van der Waals surface area contributed by atoms with Crippen molar-refractivity contribution in [3.8, 4) is 0 Å². The number of Topliss-reactive ketones (excluding diaryl/α,β-unsaturated/α-hetero) is 1. The molecule has 0 saturated heterocycles. The highest BCUT2D eigenvalue weighted by Gasteiger charge is 2.48. The Hall–Kier alpha value is -1.55. The molecular weight excluding hydrogens is 266 g/mol. The summed E-state index contributed by atoms with van der Waals surface area (Å²) in [6.45, 7) is 0. The average Bonchev–Trinajstić information content (AvgIpc) is 3.24. The number of rotatable bonds is 5. The fraction of sp³-hybridized carbons (Fsp3) is 0.429. The van der Waals surface area contributed by atoms with E-state index in [1.54, 1.807) is 18.2 Å². The third-order valence-corrected chi connectivity index (χ3v) is 3.95. The highest BCUT2D eigenvalue weighted by molar-refractivity contribution is 6.33. The van der Waals surface area contributed by atoms with Crippen LogP contribution < -0.4 is 5.32 Å². The predicted octanol–water partition coefficient (Wildman–Crippen LogP) is 2.82. The van der Waals surface area contributed by atoms with Crippen molar-refractivity contribution in [2.75, 3.05) is 5.32 Å². The molecule has 4 nitrogen and oxygen atoms in total. The number of anilines is 1. The van der Waals surface area contributed by atoms with Crippen LogP contribution in [0.5, 0.6) is 0 Å². The van der Waals surface area contributed by atoms with Crippen LogP contribution in [-0.2, 0) is 4.79 Å². The van der Waals surface area contributed by atoms with Crippen molar-refractivity contribution in [1.82, 2.24) is 0 Å². The number of benzene rings is 1. The zero-order chi connectivity index (χ0) is 13.6. The van der Waals surface area contributed by atoms with Gasteiger partial charge in [0.1, 0.15) is 0 Å². The topological polar surface area (TPSA) is 66.4 Å². The van der Waals surface area contributed by atoms with Gasteiger partial charge in [-0.15, -0.1) is 0 Å². The summed E-state index contributed by atoms with van der Waals surface area (Å²) in [5, 5.41) is 12.6. The van der Waals surface area contributed by atoms with Gasteiger partial charge in [0, 0.05) is 17.5 Å². The van der Waals surface area contributed by atoms with Crippen LogP contribution in [-0.4, -0.2) is 22.9 Å². The number of carbonyl (C=O) groups is 2. The second-order valence-electron chi connectivity index (χ2n) is 5.26.